The largest absolute Gasteiger partial charge is 0.454 e. The molecule has 1 saturated carbocycles. The fourth-order valence-electron chi connectivity index (χ4n) is 3.50. The number of nitrogens with one attached hydrogen (secondary N) is 2. The van der Waals surface area contributed by atoms with E-state index < -0.39 is 48.5 Å². The summed E-state index contributed by atoms with van der Waals surface area (Å²) >= 11 is 0. The highest BCUT2D eigenvalue weighted by atomic mass is 16.5. The molecule has 2 aliphatic rings. The number of urea groups is 1. The van der Waals surface area contributed by atoms with E-state index in [4.69, 9.17) is 4.74 Å². The summed E-state index contributed by atoms with van der Waals surface area (Å²) in [5, 5.41) is 5.18. The molecule has 0 radical (unpaired) electrons. The molecule has 4 amide bonds. The molecule has 2 atom stereocenters. The van der Waals surface area contributed by atoms with E-state index in [0.717, 1.165) is 23.3 Å². The fraction of sp³-hybridized carbons (Fsp3) is 0.476. The van der Waals surface area contributed by atoms with Gasteiger partial charge in [0, 0.05) is 0 Å². The molecule has 1 aliphatic heterocycles. The third kappa shape index (κ3) is 4.84. The normalized spacial score (nSPS) is 21.7. The van der Waals surface area contributed by atoms with E-state index in [0.29, 0.717) is 6.42 Å². The van der Waals surface area contributed by atoms with Crippen molar-refractivity contribution in [2.45, 2.75) is 44.7 Å². The monoisotopic (exact) mass is 415 g/mol. The fourth-order valence-corrected chi connectivity index (χ4v) is 3.50. The maximum atomic E-state index is 12.5. The van der Waals surface area contributed by atoms with Gasteiger partial charge in [-0.15, -0.1) is 0 Å². The molecule has 1 heterocycles. The van der Waals surface area contributed by atoms with E-state index in [9.17, 15) is 24.0 Å². The van der Waals surface area contributed by atoms with Crippen LogP contribution in [0.3, 0.4) is 0 Å². The van der Waals surface area contributed by atoms with Gasteiger partial charge in [0.1, 0.15) is 12.1 Å². The number of rotatable bonds is 9. The first kappa shape index (κ1) is 21.5. The second-order valence-corrected chi connectivity index (χ2v) is 7.88. The highest BCUT2D eigenvalue weighted by Crippen LogP contribution is 2.42. The lowest BCUT2D eigenvalue weighted by molar-refractivity contribution is -0.151. The first-order valence-electron chi connectivity index (χ1n) is 9.84. The van der Waals surface area contributed by atoms with Gasteiger partial charge in [0.2, 0.25) is 0 Å². The molecule has 1 saturated heterocycles. The molecule has 160 valence electrons. The third-order valence-electron chi connectivity index (χ3n) is 5.46. The minimum absolute atomic E-state index is 0.0777. The number of ketones is 1. The minimum Gasteiger partial charge on any atom is -0.454 e. The van der Waals surface area contributed by atoms with E-state index in [2.05, 4.69) is 10.6 Å². The van der Waals surface area contributed by atoms with Crippen LogP contribution in [-0.4, -0.2) is 59.2 Å². The lowest BCUT2D eigenvalue weighted by Gasteiger charge is -2.20. The molecule has 9 heteroatoms. The van der Waals surface area contributed by atoms with Crippen molar-refractivity contribution in [3.05, 3.63) is 35.9 Å². The molecule has 0 aromatic heterocycles. The number of hydrogen-bond donors (Lipinski definition) is 2. The Morgan fingerprint density at radius 2 is 1.90 bits per heavy atom. The Kier molecular flexibility index (Phi) is 6.19. The van der Waals surface area contributed by atoms with Crippen LogP contribution in [0.15, 0.2) is 30.3 Å². The summed E-state index contributed by atoms with van der Waals surface area (Å²) in [5.74, 6) is -2.13. The summed E-state index contributed by atoms with van der Waals surface area (Å²) < 4.78 is 4.90. The van der Waals surface area contributed by atoms with Crippen molar-refractivity contribution in [1.29, 1.82) is 0 Å². The van der Waals surface area contributed by atoms with E-state index in [1.807, 2.05) is 30.3 Å². The quantitative estimate of drug-likeness (QED) is 0.449. The molecule has 3 rings (SSSR count). The van der Waals surface area contributed by atoms with Crippen molar-refractivity contribution < 1.29 is 28.7 Å². The van der Waals surface area contributed by atoms with Gasteiger partial charge in [-0.05, 0) is 44.6 Å². The summed E-state index contributed by atoms with van der Waals surface area (Å²) in [5.41, 5.74) is -0.104. The first-order valence-corrected chi connectivity index (χ1v) is 9.84. The van der Waals surface area contributed by atoms with Gasteiger partial charge in [0.15, 0.2) is 12.4 Å². The average molecular weight is 415 g/mol. The zero-order valence-corrected chi connectivity index (χ0v) is 17.0. The Morgan fingerprint density at radius 1 is 1.23 bits per heavy atom. The lowest BCUT2D eigenvalue weighted by Crippen LogP contribution is -2.46. The van der Waals surface area contributed by atoms with Crippen LogP contribution >= 0.6 is 0 Å². The lowest BCUT2D eigenvalue weighted by atomic mass is 9.96. The molecule has 9 nitrogen and oxygen atoms in total. The predicted molar refractivity (Wildman–Crippen MR) is 105 cm³/mol. The molecule has 0 unspecified atom stereocenters. The van der Waals surface area contributed by atoms with Crippen LogP contribution in [0.5, 0.6) is 0 Å². The topological polar surface area (TPSA) is 122 Å². The summed E-state index contributed by atoms with van der Waals surface area (Å²) in [6.45, 7) is 1.84. The summed E-state index contributed by atoms with van der Waals surface area (Å²) in [4.78, 5) is 61.4. The smallest absolute Gasteiger partial charge is 0.326 e. The van der Waals surface area contributed by atoms with Gasteiger partial charge in [0.25, 0.3) is 11.8 Å². The number of hydrogen-bond acceptors (Lipinski definition) is 6. The van der Waals surface area contributed by atoms with E-state index >= 15 is 0 Å². The first-order chi connectivity index (χ1) is 14.2. The molecule has 0 bridgehead atoms. The van der Waals surface area contributed by atoms with Crippen LogP contribution in [0.1, 0.15) is 32.3 Å². The van der Waals surface area contributed by atoms with Crippen LogP contribution < -0.4 is 10.6 Å². The number of carbonyl (C=O) groups is 5. The standard InChI is InChI=1S/C21H25N3O6/c1-13(25)16(10-14-6-4-3-5-7-14)22-17(26)12-30-18(27)11-24-19(28)21(2,15-8-9-15)23-20(24)29/h3-7,15-16H,8-12H2,1-2H3,(H,22,26)(H,23,29)/t16-,21+/m1/s1. The number of imide groups is 1. The van der Waals surface area contributed by atoms with Crippen molar-refractivity contribution in [3.63, 3.8) is 0 Å². The van der Waals surface area contributed by atoms with Crippen molar-refractivity contribution >= 4 is 29.6 Å². The van der Waals surface area contributed by atoms with E-state index in [1.54, 1.807) is 6.92 Å². The number of amides is 4. The Morgan fingerprint density at radius 3 is 2.50 bits per heavy atom. The Balaban J connectivity index is 1.48. The number of ether oxygens (including phenoxy) is 1. The minimum atomic E-state index is -0.985. The van der Waals surface area contributed by atoms with Crippen LogP contribution in [0.25, 0.3) is 0 Å². The van der Waals surface area contributed by atoms with Gasteiger partial charge < -0.3 is 15.4 Å². The highest BCUT2D eigenvalue weighted by Gasteiger charge is 2.56. The van der Waals surface area contributed by atoms with Gasteiger partial charge in [-0.3, -0.25) is 24.1 Å². The Hall–Kier alpha value is -3.23. The average Bonchev–Trinajstić information content (AvgIpc) is 3.53. The van der Waals surface area contributed by atoms with Crippen molar-refractivity contribution in [2.24, 2.45) is 5.92 Å². The van der Waals surface area contributed by atoms with Crippen LogP contribution in [0.2, 0.25) is 0 Å². The number of benzene rings is 1. The summed E-state index contributed by atoms with van der Waals surface area (Å²) in [6.07, 6.45) is 2.01. The maximum Gasteiger partial charge on any atom is 0.326 e. The number of carbonyl (C=O) groups excluding carboxylic acids is 5. The Bertz CT molecular complexity index is 867. The maximum absolute atomic E-state index is 12.5. The van der Waals surface area contributed by atoms with Crippen LogP contribution in [0, 0.1) is 5.92 Å². The SMILES string of the molecule is CC(=O)[C@@H](Cc1ccccc1)NC(=O)COC(=O)CN1C(=O)N[C@@](C)(C2CC2)C1=O. The molecular formula is C21H25N3O6. The highest BCUT2D eigenvalue weighted by molar-refractivity contribution is 6.08. The molecule has 1 aliphatic carbocycles. The number of esters is 1. The third-order valence-corrected chi connectivity index (χ3v) is 5.46. The molecule has 1 aromatic carbocycles. The molecule has 30 heavy (non-hydrogen) atoms. The zero-order valence-electron chi connectivity index (χ0n) is 17.0. The van der Waals surface area contributed by atoms with E-state index in [1.165, 1.54) is 6.92 Å². The molecule has 1 aromatic rings. The molecular weight excluding hydrogens is 390 g/mol. The van der Waals surface area contributed by atoms with Crippen molar-refractivity contribution in [2.75, 3.05) is 13.2 Å². The van der Waals surface area contributed by atoms with E-state index in [-0.39, 0.29) is 11.7 Å². The molecule has 2 fully saturated rings. The van der Waals surface area contributed by atoms with Crippen LogP contribution in [0.4, 0.5) is 4.79 Å². The summed E-state index contributed by atoms with van der Waals surface area (Å²) in [7, 11) is 0. The number of nitrogens with zero attached hydrogens (tertiary/aromatic N) is 1. The van der Waals surface area contributed by atoms with Gasteiger partial charge in [-0.25, -0.2) is 4.79 Å². The van der Waals surface area contributed by atoms with Gasteiger partial charge in [-0.2, -0.15) is 0 Å². The molecule has 0 spiro atoms. The Labute approximate surface area is 174 Å². The second kappa shape index (κ2) is 8.64. The zero-order chi connectivity index (χ0) is 21.9. The van der Waals surface area contributed by atoms with Gasteiger partial charge in [0.05, 0.1) is 6.04 Å². The molecule has 2 N–H and O–H groups in total. The predicted octanol–water partition coefficient (Wildman–Crippen LogP) is 0.567. The number of Topliss-reactive ketones (excluding diaryl/α,β-unsaturated/α-hetero) is 1. The van der Waals surface area contributed by atoms with Gasteiger partial charge in [-0.1, -0.05) is 30.3 Å². The van der Waals surface area contributed by atoms with Crippen LogP contribution in [-0.2, 0) is 30.3 Å². The second-order valence-electron chi connectivity index (χ2n) is 7.88. The van der Waals surface area contributed by atoms with Crippen molar-refractivity contribution in [3.8, 4) is 0 Å². The summed E-state index contributed by atoms with van der Waals surface area (Å²) in [6, 6.07) is 7.81. The van der Waals surface area contributed by atoms with Gasteiger partial charge >= 0.3 is 12.0 Å². The van der Waals surface area contributed by atoms with Crippen molar-refractivity contribution in [1.82, 2.24) is 15.5 Å².